The number of carbonyl (C=O) groups is 3. The molecule has 2 aliphatic heterocycles. The lowest BCUT2D eigenvalue weighted by Crippen LogP contribution is -2.49. The third-order valence-corrected chi connectivity index (χ3v) is 14.3. The fraction of sp³-hybridized carbons (Fsp3) is 0.447. The maximum Gasteiger partial charge on any atom is 0.319 e. The number of anilines is 2. The van der Waals surface area contributed by atoms with Gasteiger partial charge in [-0.05, 0) is 123 Å². The summed E-state index contributed by atoms with van der Waals surface area (Å²) in [5.74, 6) is 0.180. The quantitative estimate of drug-likeness (QED) is 0.140. The average molecular weight is 864 g/mol. The highest BCUT2D eigenvalue weighted by Crippen LogP contribution is 2.37. The molecule has 4 heterocycles. The lowest BCUT2D eigenvalue weighted by Gasteiger charge is -2.36. The van der Waals surface area contributed by atoms with Crippen molar-refractivity contribution in [2.75, 3.05) is 65.0 Å². The van der Waals surface area contributed by atoms with Crippen LogP contribution in [0.3, 0.4) is 0 Å². The predicted octanol–water partition coefficient (Wildman–Crippen LogP) is 8.14. The molecule has 2 saturated heterocycles. The summed E-state index contributed by atoms with van der Waals surface area (Å²) in [5.41, 5.74) is 11.0. The standard InChI is InChI=1S/C25H32N4O2.C22H29N5O3S/c1-17-12-23(26-14-17)24(30)27-22-11-10-19(20-15-28(2)25(31)29(3)16-20)13-21(22)18-8-6-4-5-7-9-18;1-15-12-23-21(24-15)22(28)25-20-10-9-17(11-19(20)16-7-5-4-6-8-16)18-13-26(2)31(29,30)27(3)14-18/h8,10-14,20,26H,4-7,9,15-16H2,1-3H3,(H,27,30);7,9-12,18H,4-6,8,13-14H2,1-3H3,(H,23,24)(H,25,28). The maximum atomic E-state index is 12.8. The van der Waals surface area contributed by atoms with Gasteiger partial charge in [-0.2, -0.15) is 17.0 Å². The molecule has 8 rings (SSSR count). The van der Waals surface area contributed by atoms with E-state index in [1.165, 1.54) is 51.0 Å². The molecule has 2 fully saturated rings. The van der Waals surface area contributed by atoms with E-state index in [2.05, 4.69) is 55.9 Å². The smallest absolute Gasteiger partial charge is 0.319 e. The Balaban J connectivity index is 0.000000186. The van der Waals surface area contributed by atoms with Crippen LogP contribution in [0, 0.1) is 13.8 Å². The number of aryl methyl sites for hydroxylation is 2. The molecule has 0 radical (unpaired) electrons. The molecule has 14 nitrogen and oxygen atoms in total. The normalized spacial score (nSPS) is 19.2. The maximum absolute atomic E-state index is 12.8. The largest absolute Gasteiger partial charge is 0.357 e. The first kappa shape index (κ1) is 44.5. The van der Waals surface area contributed by atoms with E-state index in [1.54, 1.807) is 30.1 Å². The summed E-state index contributed by atoms with van der Waals surface area (Å²) >= 11 is 0. The number of benzene rings is 2. The zero-order valence-corrected chi connectivity index (χ0v) is 37.7. The highest BCUT2D eigenvalue weighted by atomic mass is 32.2. The van der Waals surface area contributed by atoms with Crippen molar-refractivity contribution in [1.29, 1.82) is 0 Å². The Hall–Kier alpha value is -5.51. The van der Waals surface area contributed by atoms with Crippen LogP contribution in [0.15, 0.2) is 67.0 Å². The minimum absolute atomic E-state index is 0.0546. The second-order valence-corrected chi connectivity index (χ2v) is 19.5. The van der Waals surface area contributed by atoms with E-state index in [0.717, 1.165) is 71.4 Å². The van der Waals surface area contributed by atoms with Crippen LogP contribution in [0.25, 0.3) is 11.1 Å². The second kappa shape index (κ2) is 19.3. The monoisotopic (exact) mass is 863 g/mol. The first-order valence-corrected chi connectivity index (χ1v) is 23.2. The Bertz CT molecular complexity index is 2440. The van der Waals surface area contributed by atoms with Crippen LogP contribution in [0.5, 0.6) is 0 Å². The van der Waals surface area contributed by atoms with Gasteiger partial charge in [0.15, 0.2) is 5.82 Å². The summed E-state index contributed by atoms with van der Waals surface area (Å²) in [5, 5.41) is 6.13. The van der Waals surface area contributed by atoms with Gasteiger partial charge in [-0.3, -0.25) is 9.59 Å². The topological polar surface area (TPSA) is 167 Å². The zero-order valence-electron chi connectivity index (χ0n) is 36.9. The van der Waals surface area contributed by atoms with Crippen LogP contribution < -0.4 is 10.6 Å². The lowest BCUT2D eigenvalue weighted by molar-refractivity contribution is 0.101. The van der Waals surface area contributed by atoms with E-state index in [0.29, 0.717) is 31.9 Å². The second-order valence-electron chi connectivity index (χ2n) is 17.3. The van der Waals surface area contributed by atoms with Gasteiger partial charge in [0.2, 0.25) is 0 Å². The van der Waals surface area contributed by atoms with E-state index >= 15 is 0 Å². The Kier molecular flexibility index (Phi) is 13.8. The van der Waals surface area contributed by atoms with Crippen molar-refractivity contribution in [3.8, 4) is 0 Å². The Labute approximate surface area is 366 Å². The number of hydrogen-bond donors (Lipinski definition) is 4. The first-order chi connectivity index (χ1) is 29.7. The van der Waals surface area contributed by atoms with Gasteiger partial charge in [-0.15, -0.1) is 0 Å². The number of carbonyl (C=O) groups excluding carboxylic acids is 3. The van der Waals surface area contributed by atoms with Crippen LogP contribution in [-0.2, 0) is 10.2 Å². The van der Waals surface area contributed by atoms with E-state index < -0.39 is 10.2 Å². The van der Waals surface area contributed by atoms with Crippen molar-refractivity contribution in [2.24, 2.45) is 0 Å². The number of likely N-dealkylation sites (N-methyl/N-ethyl adjacent to an activating group) is 4. The number of hydrogen-bond acceptors (Lipinski definition) is 6. The minimum atomic E-state index is -3.38. The van der Waals surface area contributed by atoms with Gasteiger partial charge in [-0.25, -0.2) is 9.78 Å². The molecule has 0 unspecified atom stereocenters. The van der Waals surface area contributed by atoms with Gasteiger partial charge in [0.25, 0.3) is 22.0 Å². The van der Waals surface area contributed by atoms with Crippen molar-refractivity contribution in [3.05, 3.63) is 112 Å². The Morgan fingerprint density at radius 1 is 0.710 bits per heavy atom. The van der Waals surface area contributed by atoms with E-state index in [1.807, 2.05) is 58.4 Å². The molecule has 0 spiro atoms. The third kappa shape index (κ3) is 10.2. The number of urea groups is 1. The van der Waals surface area contributed by atoms with Gasteiger partial charge < -0.3 is 30.4 Å². The fourth-order valence-corrected chi connectivity index (χ4v) is 10.2. The summed E-state index contributed by atoms with van der Waals surface area (Å²) in [6.07, 6.45) is 18.1. The van der Waals surface area contributed by atoms with Crippen molar-refractivity contribution in [1.82, 2.24) is 33.4 Å². The summed E-state index contributed by atoms with van der Waals surface area (Å²) in [6, 6.07) is 14.3. The summed E-state index contributed by atoms with van der Waals surface area (Å²) in [4.78, 5) is 51.4. The van der Waals surface area contributed by atoms with Crippen LogP contribution in [0.1, 0.15) is 124 Å². The molecule has 0 atom stereocenters. The number of aromatic amines is 2. The molecule has 2 aliphatic carbocycles. The fourth-order valence-electron chi connectivity index (χ4n) is 8.95. The highest BCUT2D eigenvalue weighted by Gasteiger charge is 2.35. The van der Waals surface area contributed by atoms with Crippen LogP contribution >= 0.6 is 0 Å². The summed E-state index contributed by atoms with van der Waals surface area (Å²) in [7, 11) is 3.56. The van der Waals surface area contributed by atoms with Crippen molar-refractivity contribution >= 4 is 50.6 Å². The number of aromatic nitrogens is 3. The summed E-state index contributed by atoms with van der Waals surface area (Å²) < 4.78 is 27.4. The molecule has 4 N–H and O–H groups in total. The van der Waals surface area contributed by atoms with Crippen molar-refractivity contribution in [3.63, 3.8) is 0 Å². The highest BCUT2D eigenvalue weighted by molar-refractivity contribution is 7.86. The summed E-state index contributed by atoms with van der Waals surface area (Å²) in [6.45, 7) is 6.09. The molecular formula is C47H61N9O5S. The molecule has 330 valence electrons. The van der Waals surface area contributed by atoms with E-state index in [-0.39, 0.29) is 35.5 Å². The molecule has 2 aromatic heterocycles. The predicted molar refractivity (Wildman–Crippen MR) is 245 cm³/mol. The average Bonchev–Trinajstić information content (AvgIpc) is 3.81. The first-order valence-electron chi connectivity index (χ1n) is 21.8. The number of nitrogens with one attached hydrogen (secondary N) is 4. The molecule has 4 amide bonds. The minimum Gasteiger partial charge on any atom is -0.357 e. The third-order valence-electron chi connectivity index (χ3n) is 12.4. The molecule has 2 aromatic carbocycles. The molecule has 4 aromatic rings. The number of allylic oxidation sites excluding steroid dienone is 4. The van der Waals surface area contributed by atoms with Gasteiger partial charge in [0.1, 0.15) is 5.69 Å². The number of nitrogens with zero attached hydrogens (tertiary/aromatic N) is 5. The van der Waals surface area contributed by atoms with Gasteiger partial charge >= 0.3 is 6.03 Å². The van der Waals surface area contributed by atoms with E-state index in [9.17, 15) is 22.8 Å². The Morgan fingerprint density at radius 3 is 1.76 bits per heavy atom. The SMILES string of the molecule is Cc1c[nH]c(C(=O)Nc2ccc(C3CN(C)C(=O)N(C)C3)cc2C2=CCCCCC2)c1.Cc1cnc(C(=O)Nc2ccc(C3CN(C)S(=O)(=O)N(C)C3)cc2C2=CCCCC2)[nH]1. The van der Waals surface area contributed by atoms with E-state index in [4.69, 9.17) is 0 Å². The van der Waals surface area contributed by atoms with Crippen LogP contribution in [0.2, 0.25) is 0 Å². The molecule has 62 heavy (non-hydrogen) atoms. The van der Waals surface area contributed by atoms with Gasteiger partial charge in [0, 0.05) is 107 Å². The van der Waals surface area contributed by atoms with Gasteiger partial charge in [-0.1, -0.05) is 30.7 Å². The lowest BCUT2D eigenvalue weighted by atomic mass is 9.89. The number of H-pyrrole nitrogens is 2. The Morgan fingerprint density at radius 2 is 1.24 bits per heavy atom. The molecule has 0 saturated carbocycles. The zero-order chi connectivity index (χ0) is 44.1. The number of imidazole rings is 1. The van der Waals surface area contributed by atoms with Crippen LogP contribution in [0.4, 0.5) is 16.2 Å². The number of rotatable bonds is 8. The van der Waals surface area contributed by atoms with Crippen molar-refractivity contribution in [2.45, 2.75) is 83.5 Å². The van der Waals surface area contributed by atoms with Crippen molar-refractivity contribution < 1.29 is 22.8 Å². The molecule has 15 heteroatoms. The van der Waals surface area contributed by atoms with Gasteiger partial charge in [0.05, 0.1) is 0 Å². The van der Waals surface area contributed by atoms with Crippen LogP contribution in [-0.4, -0.2) is 114 Å². The molecule has 0 bridgehead atoms. The molecular weight excluding hydrogens is 803 g/mol. The number of amides is 4. The molecule has 4 aliphatic rings.